The summed E-state index contributed by atoms with van der Waals surface area (Å²) in [4.78, 5) is 0.323. The van der Waals surface area contributed by atoms with E-state index >= 15 is 0 Å². The third-order valence-electron chi connectivity index (χ3n) is 4.60. The Hall–Kier alpha value is -1.11. The van der Waals surface area contributed by atoms with Crippen LogP contribution in [-0.4, -0.2) is 21.6 Å². The summed E-state index contributed by atoms with van der Waals surface area (Å²) in [5.41, 5.74) is 2.07. The lowest BCUT2D eigenvalue weighted by molar-refractivity contribution is 0.282. The van der Waals surface area contributed by atoms with Crippen LogP contribution in [0, 0.1) is 5.92 Å². The van der Waals surface area contributed by atoms with E-state index in [1.54, 1.807) is 12.1 Å². The molecule has 2 aliphatic rings. The van der Waals surface area contributed by atoms with Crippen molar-refractivity contribution < 1.29 is 8.42 Å². The Labute approximate surface area is 126 Å². The van der Waals surface area contributed by atoms with Crippen molar-refractivity contribution in [2.75, 3.05) is 12.4 Å². The third-order valence-corrected chi connectivity index (χ3v) is 6.01. The van der Waals surface area contributed by atoms with Crippen molar-refractivity contribution in [1.82, 2.24) is 10.0 Å². The van der Waals surface area contributed by atoms with E-state index in [2.05, 4.69) is 15.4 Å². The fraction of sp³-hybridized carbons (Fsp3) is 0.600. The second-order valence-corrected chi connectivity index (χ2v) is 7.81. The molecule has 1 saturated carbocycles. The molecule has 1 heterocycles. The SMILES string of the molecule is CNS(=O)(=O)c1ccc2c(c1)CNC(C1CCCCC1)N2. The lowest BCUT2D eigenvalue weighted by Gasteiger charge is -2.36. The van der Waals surface area contributed by atoms with Gasteiger partial charge in [0.05, 0.1) is 11.1 Å². The molecule has 1 aliphatic carbocycles. The molecule has 0 aromatic heterocycles. The first-order chi connectivity index (χ1) is 10.1. The van der Waals surface area contributed by atoms with Gasteiger partial charge >= 0.3 is 0 Å². The van der Waals surface area contributed by atoms with Gasteiger partial charge in [-0.1, -0.05) is 19.3 Å². The number of hydrogen-bond donors (Lipinski definition) is 3. The van der Waals surface area contributed by atoms with E-state index in [0.29, 0.717) is 17.0 Å². The Balaban J connectivity index is 1.78. The summed E-state index contributed by atoms with van der Waals surface area (Å²) >= 11 is 0. The molecule has 1 aliphatic heterocycles. The molecule has 6 heteroatoms. The third kappa shape index (κ3) is 3.07. The molecule has 1 aromatic rings. The minimum absolute atomic E-state index is 0.310. The Kier molecular flexibility index (Phi) is 4.19. The molecule has 3 rings (SSSR count). The maximum atomic E-state index is 11.8. The average Bonchev–Trinajstić information content (AvgIpc) is 2.54. The van der Waals surface area contributed by atoms with Crippen molar-refractivity contribution in [2.24, 2.45) is 5.92 Å². The highest BCUT2D eigenvalue weighted by Crippen LogP contribution is 2.31. The van der Waals surface area contributed by atoms with Crippen LogP contribution in [0.1, 0.15) is 37.7 Å². The number of hydrogen-bond acceptors (Lipinski definition) is 4. The monoisotopic (exact) mass is 309 g/mol. The van der Waals surface area contributed by atoms with Crippen LogP contribution in [0.25, 0.3) is 0 Å². The highest BCUT2D eigenvalue weighted by atomic mass is 32.2. The van der Waals surface area contributed by atoms with Gasteiger partial charge in [0.1, 0.15) is 0 Å². The van der Waals surface area contributed by atoms with E-state index in [1.165, 1.54) is 39.2 Å². The predicted octanol–water partition coefficient (Wildman–Crippen LogP) is 2.02. The van der Waals surface area contributed by atoms with Crippen LogP contribution in [0.15, 0.2) is 23.1 Å². The van der Waals surface area contributed by atoms with E-state index in [0.717, 1.165) is 17.8 Å². The number of anilines is 1. The van der Waals surface area contributed by atoms with Gasteiger partial charge in [-0.3, -0.25) is 5.32 Å². The molecule has 5 nitrogen and oxygen atoms in total. The molecule has 1 fully saturated rings. The van der Waals surface area contributed by atoms with Gasteiger partial charge in [-0.15, -0.1) is 0 Å². The zero-order valence-corrected chi connectivity index (χ0v) is 13.2. The van der Waals surface area contributed by atoms with Gasteiger partial charge in [-0.2, -0.15) is 0 Å². The standard InChI is InChI=1S/C15H23N3O2S/c1-16-21(19,20)13-7-8-14-12(9-13)10-17-15(18-14)11-5-3-2-4-6-11/h7-9,11,15-18H,2-6,10H2,1H3. The van der Waals surface area contributed by atoms with Crippen LogP contribution in [0.2, 0.25) is 0 Å². The smallest absolute Gasteiger partial charge is 0.240 e. The zero-order valence-electron chi connectivity index (χ0n) is 12.4. The normalized spacial score (nSPS) is 23.4. The highest BCUT2D eigenvalue weighted by molar-refractivity contribution is 7.89. The lowest BCUT2D eigenvalue weighted by Crippen LogP contribution is -2.46. The van der Waals surface area contributed by atoms with Crippen LogP contribution >= 0.6 is 0 Å². The van der Waals surface area contributed by atoms with Gasteiger partial charge in [0.2, 0.25) is 10.0 Å². The van der Waals surface area contributed by atoms with Crippen molar-refractivity contribution in [3.05, 3.63) is 23.8 Å². The predicted molar refractivity (Wildman–Crippen MR) is 83.5 cm³/mol. The Bertz CT molecular complexity index is 609. The molecule has 1 atom stereocenters. The maximum absolute atomic E-state index is 11.8. The number of benzene rings is 1. The van der Waals surface area contributed by atoms with Crippen LogP contribution < -0.4 is 15.4 Å². The Morgan fingerprint density at radius 3 is 2.67 bits per heavy atom. The van der Waals surface area contributed by atoms with Gasteiger partial charge in [0.15, 0.2) is 0 Å². The zero-order chi connectivity index (χ0) is 14.9. The largest absolute Gasteiger partial charge is 0.369 e. The number of sulfonamides is 1. The van der Waals surface area contributed by atoms with E-state index in [-0.39, 0.29) is 0 Å². The second-order valence-electron chi connectivity index (χ2n) is 5.93. The van der Waals surface area contributed by atoms with Crippen LogP contribution in [-0.2, 0) is 16.6 Å². The summed E-state index contributed by atoms with van der Waals surface area (Å²) in [6.45, 7) is 0.719. The van der Waals surface area contributed by atoms with E-state index in [4.69, 9.17) is 0 Å². The molecule has 1 aromatic carbocycles. The molecule has 0 radical (unpaired) electrons. The first-order valence-corrected chi connectivity index (χ1v) is 9.15. The van der Waals surface area contributed by atoms with Crippen LogP contribution in [0.3, 0.4) is 0 Å². The second kappa shape index (κ2) is 5.94. The van der Waals surface area contributed by atoms with Crippen LogP contribution in [0.4, 0.5) is 5.69 Å². The average molecular weight is 309 g/mol. The summed E-state index contributed by atoms with van der Waals surface area (Å²) in [6.07, 6.45) is 6.83. The fourth-order valence-electron chi connectivity index (χ4n) is 3.33. The van der Waals surface area contributed by atoms with Gasteiger partial charge in [-0.05, 0) is 49.6 Å². The van der Waals surface area contributed by atoms with Gasteiger partial charge in [-0.25, -0.2) is 13.1 Å². The molecule has 3 N–H and O–H groups in total. The minimum Gasteiger partial charge on any atom is -0.369 e. The minimum atomic E-state index is -3.37. The Morgan fingerprint density at radius 2 is 1.95 bits per heavy atom. The van der Waals surface area contributed by atoms with Crippen LogP contribution in [0.5, 0.6) is 0 Å². The summed E-state index contributed by atoms with van der Waals surface area (Å²) in [5, 5.41) is 7.05. The number of fused-ring (bicyclic) bond motifs is 1. The van der Waals surface area contributed by atoms with Gasteiger partial charge < -0.3 is 5.32 Å². The molecule has 1 unspecified atom stereocenters. The molecule has 116 valence electrons. The van der Waals surface area contributed by atoms with Crippen molar-refractivity contribution >= 4 is 15.7 Å². The first-order valence-electron chi connectivity index (χ1n) is 7.66. The van der Waals surface area contributed by atoms with E-state index in [9.17, 15) is 8.42 Å². The number of nitrogens with one attached hydrogen (secondary N) is 3. The van der Waals surface area contributed by atoms with Crippen molar-refractivity contribution in [3.8, 4) is 0 Å². The molecular formula is C15H23N3O2S. The molecule has 0 bridgehead atoms. The molecule has 0 spiro atoms. The number of rotatable bonds is 3. The molecular weight excluding hydrogens is 286 g/mol. The maximum Gasteiger partial charge on any atom is 0.240 e. The first kappa shape index (κ1) is 14.8. The summed E-state index contributed by atoms with van der Waals surface area (Å²) in [6, 6.07) is 5.30. The summed E-state index contributed by atoms with van der Waals surface area (Å²) in [7, 11) is -1.94. The van der Waals surface area contributed by atoms with Gasteiger partial charge in [0.25, 0.3) is 0 Å². The van der Waals surface area contributed by atoms with E-state index < -0.39 is 10.0 Å². The fourth-order valence-corrected chi connectivity index (χ4v) is 4.11. The molecule has 0 saturated heterocycles. The summed E-state index contributed by atoms with van der Waals surface area (Å²) in [5.74, 6) is 0.674. The van der Waals surface area contributed by atoms with Crippen molar-refractivity contribution in [2.45, 2.75) is 49.7 Å². The van der Waals surface area contributed by atoms with Gasteiger partial charge in [0, 0.05) is 12.2 Å². The quantitative estimate of drug-likeness (QED) is 0.799. The van der Waals surface area contributed by atoms with E-state index in [1.807, 2.05) is 6.07 Å². The molecule has 21 heavy (non-hydrogen) atoms. The topological polar surface area (TPSA) is 70.2 Å². The summed E-state index contributed by atoms with van der Waals surface area (Å²) < 4.78 is 26.0. The van der Waals surface area contributed by atoms with Crippen molar-refractivity contribution in [3.63, 3.8) is 0 Å². The lowest BCUT2D eigenvalue weighted by atomic mass is 9.86. The highest BCUT2D eigenvalue weighted by Gasteiger charge is 2.27. The van der Waals surface area contributed by atoms with Crippen molar-refractivity contribution in [1.29, 1.82) is 0 Å². The Morgan fingerprint density at radius 1 is 1.19 bits per heavy atom. The molecule has 0 amide bonds.